The minimum atomic E-state index is 0.584. The van der Waals surface area contributed by atoms with Crippen LogP contribution in [-0.2, 0) is 0 Å². The highest BCUT2D eigenvalue weighted by Gasteiger charge is 2.07. The van der Waals surface area contributed by atoms with E-state index < -0.39 is 0 Å². The summed E-state index contributed by atoms with van der Waals surface area (Å²) in [6.45, 7) is 0. The Bertz CT molecular complexity index is 690. The summed E-state index contributed by atoms with van der Waals surface area (Å²) in [5, 5.41) is 1.02. The first-order valence-corrected chi connectivity index (χ1v) is 5.52. The normalized spacial score (nSPS) is 10.5. The predicted molar refractivity (Wildman–Crippen MR) is 70.6 cm³/mol. The standard InChI is InChI=1S/C13H11N5/c14-18-12-6-8-16-13(17-12)10-5-7-15-11-4-2-1-3-9(10)11/h1-8H,14H2,(H,16,17,18). The largest absolute Gasteiger partial charge is 0.308 e. The quantitative estimate of drug-likeness (QED) is 0.526. The second-order valence-corrected chi connectivity index (χ2v) is 3.79. The Morgan fingerprint density at radius 3 is 2.67 bits per heavy atom. The zero-order valence-electron chi connectivity index (χ0n) is 9.54. The minimum Gasteiger partial charge on any atom is -0.308 e. The van der Waals surface area contributed by atoms with Crippen molar-refractivity contribution in [3.05, 3.63) is 48.8 Å². The van der Waals surface area contributed by atoms with Crippen LogP contribution in [0.4, 0.5) is 5.82 Å². The Kier molecular flexibility index (Phi) is 2.59. The van der Waals surface area contributed by atoms with Gasteiger partial charge in [0, 0.05) is 29.4 Å². The van der Waals surface area contributed by atoms with Gasteiger partial charge >= 0.3 is 0 Å². The van der Waals surface area contributed by atoms with Crippen LogP contribution in [0.25, 0.3) is 22.3 Å². The number of benzene rings is 1. The molecular formula is C13H11N5. The Labute approximate surface area is 104 Å². The number of fused-ring (bicyclic) bond motifs is 1. The molecule has 0 fully saturated rings. The van der Waals surface area contributed by atoms with Gasteiger partial charge in [-0.3, -0.25) is 4.98 Å². The molecular weight excluding hydrogens is 226 g/mol. The highest BCUT2D eigenvalue weighted by atomic mass is 15.3. The maximum Gasteiger partial charge on any atom is 0.162 e. The molecule has 2 heterocycles. The SMILES string of the molecule is NNc1ccnc(-c2ccnc3ccccc23)n1. The van der Waals surface area contributed by atoms with Gasteiger partial charge in [-0.2, -0.15) is 0 Å². The van der Waals surface area contributed by atoms with E-state index in [0.717, 1.165) is 16.5 Å². The van der Waals surface area contributed by atoms with E-state index in [0.29, 0.717) is 11.6 Å². The molecule has 3 aromatic rings. The van der Waals surface area contributed by atoms with Crippen molar-refractivity contribution in [2.45, 2.75) is 0 Å². The second-order valence-electron chi connectivity index (χ2n) is 3.79. The van der Waals surface area contributed by atoms with Gasteiger partial charge < -0.3 is 5.43 Å². The number of nitrogens with one attached hydrogen (secondary N) is 1. The molecule has 0 aliphatic rings. The third-order valence-corrected chi connectivity index (χ3v) is 2.69. The molecule has 88 valence electrons. The molecule has 3 N–H and O–H groups in total. The molecule has 0 atom stereocenters. The summed E-state index contributed by atoms with van der Waals surface area (Å²) >= 11 is 0. The molecule has 0 aliphatic carbocycles. The van der Waals surface area contributed by atoms with Crippen molar-refractivity contribution in [2.75, 3.05) is 5.43 Å². The van der Waals surface area contributed by atoms with Gasteiger partial charge in [0.2, 0.25) is 0 Å². The summed E-state index contributed by atoms with van der Waals surface area (Å²) in [4.78, 5) is 12.9. The number of rotatable bonds is 2. The monoisotopic (exact) mass is 237 g/mol. The van der Waals surface area contributed by atoms with Crippen molar-refractivity contribution in [2.24, 2.45) is 5.84 Å². The van der Waals surface area contributed by atoms with Crippen molar-refractivity contribution >= 4 is 16.7 Å². The lowest BCUT2D eigenvalue weighted by atomic mass is 10.1. The van der Waals surface area contributed by atoms with Crippen molar-refractivity contribution in [3.63, 3.8) is 0 Å². The van der Waals surface area contributed by atoms with Crippen LogP contribution in [0, 0.1) is 0 Å². The van der Waals surface area contributed by atoms with Gasteiger partial charge in [0.15, 0.2) is 5.82 Å². The first kappa shape index (κ1) is 10.6. The molecule has 0 aliphatic heterocycles. The Hall–Kier alpha value is -2.53. The van der Waals surface area contributed by atoms with Gasteiger partial charge in [0.1, 0.15) is 5.82 Å². The van der Waals surface area contributed by atoms with Gasteiger partial charge in [-0.15, -0.1) is 0 Å². The molecule has 3 rings (SSSR count). The smallest absolute Gasteiger partial charge is 0.162 e. The molecule has 0 spiro atoms. The van der Waals surface area contributed by atoms with Crippen LogP contribution in [0.3, 0.4) is 0 Å². The molecule has 0 saturated carbocycles. The number of aromatic nitrogens is 3. The molecule has 0 radical (unpaired) electrons. The van der Waals surface area contributed by atoms with Crippen molar-refractivity contribution < 1.29 is 0 Å². The Balaban J connectivity index is 2.24. The van der Waals surface area contributed by atoms with Crippen molar-refractivity contribution in [1.82, 2.24) is 15.0 Å². The average Bonchev–Trinajstić information content (AvgIpc) is 2.47. The number of pyridine rings is 1. The van der Waals surface area contributed by atoms with Crippen LogP contribution in [0.5, 0.6) is 0 Å². The molecule has 0 amide bonds. The van der Waals surface area contributed by atoms with Crippen molar-refractivity contribution in [3.8, 4) is 11.4 Å². The number of hydrazine groups is 1. The van der Waals surface area contributed by atoms with Gasteiger partial charge in [0.05, 0.1) is 5.52 Å². The molecule has 5 heteroatoms. The van der Waals surface area contributed by atoms with E-state index in [1.165, 1.54) is 0 Å². The van der Waals surface area contributed by atoms with Crippen LogP contribution in [0.1, 0.15) is 0 Å². The fourth-order valence-electron chi connectivity index (χ4n) is 1.86. The molecule has 0 bridgehead atoms. The summed E-state index contributed by atoms with van der Waals surface area (Å²) in [6.07, 6.45) is 3.43. The zero-order valence-corrected chi connectivity index (χ0v) is 9.54. The van der Waals surface area contributed by atoms with E-state index in [4.69, 9.17) is 5.84 Å². The van der Waals surface area contributed by atoms with E-state index >= 15 is 0 Å². The second kappa shape index (κ2) is 4.38. The Morgan fingerprint density at radius 2 is 1.78 bits per heavy atom. The number of hydrogen-bond donors (Lipinski definition) is 2. The van der Waals surface area contributed by atoms with Crippen LogP contribution in [-0.4, -0.2) is 15.0 Å². The number of nitrogen functional groups attached to an aromatic ring is 1. The fourth-order valence-corrected chi connectivity index (χ4v) is 1.86. The first-order valence-electron chi connectivity index (χ1n) is 5.52. The van der Waals surface area contributed by atoms with E-state index in [1.807, 2.05) is 30.3 Å². The topological polar surface area (TPSA) is 76.7 Å². The van der Waals surface area contributed by atoms with Crippen LogP contribution in [0.2, 0.25) is 0 Å². The van der Waals surface area contributed by atoms with Crippen LogP contribution in [0.15, 0.2) is 48.8 Å². The van der Waals surface area contributed by atoms with E-state index in [-0.39, 0.29) is 0 Å². The minimum absolute atomic E-state index is 0.584. The molecule has 5 nitrogen and oxygen atoms in total. The maximum atomic E-state index is 5.36. The molecule has 18 heavy (non-hydrogen) atoms. The molecule has 1 aromatic carbocycles. The summed E-state index contributed by atoms with van der Waals surface area (Å²) in [5.74, 6) is 6.57. The summed E-state index contributed by atoms with van der Waals surface area (Å²) in [6, 6.07) is 11.5. The lowest BCUT2D eigenvalue weighted by Gasteiger charge is -2.05. The maximum absolute atomic E-state index is 5.36. The van der Waals surface area contributed by atoms with Gasteiger partial charge in [-0.25, -0.2) is 15.8 Å². The Morgan fingerprint density at radius 1 is 0.944 bits per heavy atom. The van der Waals surface area contributed by atoms with Gasteiger partial charge in [-0.05, 0) is 12.1 Å². The highest BCUT2D eigenvalue weighted by Crippen LogP contribution is 2.24. The zero-order chi connectivity index (χ0) is 12.4. The molecule has 2 aromatic heterocycles. The molecule has 0 unspecified atom stereocenters. The first-order chi connectivity index (χ1) is 8.88. The number of hydrogen-bond acceptors (Lipinski definition) is 5. The highest BCUT2D eigenvalue weighted by molar-refractivity contribution is 5.92. The summed E-state index contributed by atoms with van der Waals surface area (Å²) in [7, 11) is 0. The van der Waals surface area contributed by atoms with E-state index in [2.05, 4.69) is 20.4 Å². The number of nitrogens with two attached hydrogens (primary N) is 1. The summed E-state index contributed by atoms with van der Waals surface area (Å²) in [5.41, 5.74) is 4.38. The van der Waals surface area contributed by atoms with Crippen molar-refractivity contribution in [1.29, 1.82) is 0 Å². The van der Waals surface area contributed by atoms with E-state index in [9.17, 15) is 0 Å². The third-order valence-electron chi connectivity index (χ3n) is 2.69. The van der Waals surface area contributed by atoms with Crippen LogP contribution >= 0.6 is 0 Å². The number of nitrogens with zero attached hydrogens (tertiary/aromatic N) is 3. The number of para-hydroxylation sites is 1. The predicted octanol–water partition coefficient (Wildman–Crippen LogP) is 1.98. The van der Waals surface area contributed by atoms with Gasteiger partial charge in [0.25, 0.3) is 0 Å². The molecule has 0 saturated heterocycles. The average molecular weight is 237 g/mol. The number of anilines is 1. The van der Waals surface area contributed by atoms with E-state index in [1.54, 1.807) is 18.5 Å². The third kappa shape index (κ3) is 1.76. The van der Waals surface area contributed by atoms with Crippen LogP contribution < -0.4 is 11.3 Å². The summed E-state index contributed by atoms with van der Waals surface area (Å²) < 4.78 is 0. The lowest BCUT2D eigenvalue weighted by molar-refractivity contribution is 1.15. The van der Waals surface area contributed by atoms with Gasteiger partial charge in [-0.1, -0.05) is 18.2 Å². The fraction of sp³-hybridized carbons (Fsp3) is 0. The lowest BCUT2D eigenvalue weighted by Crippen LogP contribution is -2.09.